The fraction of sp³-hybridized carbons (Fsp3) is 0.250. The second-order valence-corrected chi connectivity index (χ2v) is 8.29. The van der Waals surface area contributed by atoms with Crippen molar-refractivity contribution < 1.29 is 19.4 Å². The van der Waals surface area contributed by atoms with E-state index in [1.165, 1.54) is 37.9 Å². The van der Waals surface area contributed by atoms with Crippen LogP contribution in [0.5, 0.6) is 5.75 Å². The molecule has 9 heteroatoms. The van der Waals surface area contributed by atoms with Crippen LogP contribution in [0.1, 0.15) is 40.1 Å². The van der Waals surface area contributed by atoms with Crippen LogP contribution in [0.2, 0.25) is 5.02 Å². The number of methoxy groups -OCH3 is 1. The van der Waals surface area contributed by atoms with Crippen molar-refractivity contribution in [2.45, 2.75) is 25.8 Å². The van der Waals surface area contributed by atoms with E-state index in [4.69, 9.17) is 16.3 Å². The molecule has 1 aromatic heterocycles. The van der Waals surface area contributed by atoms with Crippen LogP contribution in [0.3, 0.4) is 0 Å². The average Bonchev–Trinajstić information content (AvgIpc) is 3.12. The molecule has 8 nitrogen and oxygen atoms in total. The highest BCUT2D eigenvalue weighted by Gasteiger charge is 2.33. The number of ether oxygens (including phenoxy) is 1. The largest absolute Gasteiger partial charge is 0.495 e. The number of fused-ring (bicyclic) bond motifs is 1. The summed E-state index contributed by atoms with van der Waals surface area (Å²) in [4.78, 5) is 31.9. The van der Waals surface area contributed by atoms with Crippen molar-refractivity contribution in [3.63, 3.8) is 0 Å². The van der Waals surface area contributed by atoms with Crippen LogP contribution < -0.4 is 15.4 Å². The average molecular weight is 467 g/mol. The molecule has 0 radical (unpaired) electrons. The molecular weight excluding hydrogens is 444 g/mol. The van der Waals surface area contributed by atoms with Gasteiger partial charge in [0.15, 0.2) is 0 Å². The van der Waals surface area contributed by atoms with Crippen molar-refractivity contribution in [1.29, 1.82) is 0 Å². The molecule has 170 valence electrons. The summed E-state index contributed by atoms with van der Waals surface area (Å²) in [6, 6.07) is 12.5. The van der Waals surface area contributed by atoms with Crippen molar-refractivity contribution >= 4 is 35.1 Å². The minimum absolute atomic E-state index is 0.0882. The monoisotopic (exact) mass is 466 g/mol. The highest BCUT2D eigenvalue weighted by Crippen LogP contribution is 2.38. The molecule has 4 rings (SSSR count). The molecule has 2 aromatic carbocycles. The van der Waals surface area contributed by atoms with Gasteiger partial charge < -0.3 is 20.5 Å². The predicted octanol–water partition coefficient (Wildman–Crippen LogP) is 4.17. The topological polar surface area (TPSA) is 113 Å². The second-order valence-electron chi connectivity index (χ2n) is 7.88. The molecule has 33 heavy (non-hydrogen) atoms. The molecule has 0 saturated heterocycles. The summed E-state index contributed by atoms with van der Waals surface area (Å²) >= 11 is 6.43. The Labute approximate surface area is 196 Å². The normalized spacial score (nSPS) is 16.7. The van der Waals surface area contributed by atoms with Crippen molar-refractivity contribution in [2.75, 3.05) is 12.4 Å². The summed E-state index contributed by atoms with van der Waals surface area (Å²) in [6.45, 7) is 1.51. The number of carbonyl (C=O) groups excluding carboxylic acids is 1. The lowest BCUT2D eigenvalue weighted by Crippen LogP contribution is -2.30. The molecule has 1 aliphatic rings. The van der Waals surface area contributed by atoms with Gasteiger partial charge in [-0.15, -0.1) is 0 Å². The summed E-state index contributed by atoms with van der Waals surface area (Å²) in [5.74, 6) is -0.379. The van der Waals surface area contributed by atoms with Crippen LogP contribution >= 0.6 is 11.6 Å². The number of hydrogen-bond acceptors (Lipinski definition) is 6. The SMILES string of the molecule is COc1cc(C(=O)O)ccc1Nc1ncc(Cl)c(C[C@@H]2Cc3ccccc3[C@H]2NC(C)=O)n1. The third-order valence-electron chi connectivity index (χ3n) is 5.67. The van der Waals surface area contributed by atoms with Gasteiger partial charge in [0.1, 0.15) is 5.75 Å². The van der Waals surface area contributed by atoms with Crippen molar-refractivity contribution in [3.8, 4) is 5.75 Å². The number of carbonyl (C=O) groups is 2. The summed E-state index contributed by atoms with van der Waals surface area (Å²) < 4.78 is 5.31. The number of hydrogen-bond donors (Lipinski definition) is 3. The third-order valence-corrected chi connectivity index (χ3v) is 5.99. The van der Waals surface area contributed by atoms with E-state index < -0.39 is 5.97 Å². The number of aromatic nitrogens is 2. The Bertz CT molecular complexity index is 1220. The molecule has 1 aliphatic carbocycles. The van der Waals surface area contributed by atoms with E-state index in [1.54, 1.807) is 6.07 Å². The van der Waals surface area contributed by atoms with E-state index >= 15 is 0 Å². The van der Waals surface area contributed by atoms with E-state index in [-0.39, 0.29) is 23.4 Å². The maximum Gasteiger partial charge on any atom is 0.335 e. The fourth-order valence-electron chi connectivity index (χ4n) is 4.18. The standard InChI is InChI=1S/C24H23ClN4O4/c1-13(30)27-22-16(9-14-5-3-4-6-17(14)22)10-20-18(25)12-26-24(29-20)28-19-8-7-15(23(31)32)11-21(19)33-2/h3-8,11-12,16,22H,9-10H2,1-2H3,(H,27,30)(H,31,32)(H,26,28,29)/t16-,22-/m0/s1. The van der Waals surface area contributed by atoms with Crippen LogP contribution in [-0.2, 0) is 17.6 Å². The number of benzene rings is 2. The van der Waals surface area contributed by atoms with E-state index in [1.807, 2.05) is 18.2 Å². The second kappa shape index (κ2) is 9.46. The minimum atomic E-state index is -1.05. The molecule has 2 atom stereocenters. The van der Waals surface area contributed by atoms with E-state index in [9.17, 15) is 14.7 Å². The number of amides is 1. The first kappa shape index (κ1) is 22.5. The van der Waals surface area contributed by atoms with Gasteiger partial charge in [-0.25, -0.2) is 14.8 Å². The molecule has 0 aliphatic heterocycles. The number of rotatable bonds is 7. The highest BCUT2D eigenvalue weighted by molar-refractivity contribution is 6.31. The zero-order valence-corrected chi connectivity index (χ0v) is 18.9. The maximum absolute atomic E-state index is 11.8. The van der Waals surface area contributed by atoms with Gasteiger partial charge in [0.25, 0.3) is 0 Å². The molecule has 0 fully saturated rings. The number of carboxylic acid groups (broad SMARTS) is 1. The first-order valence-electron chi connectivity index (χ1n) is 10.4. The van der Waals surface area contributed by atoms with Crippen LogP contribution in [0.15, 0.2) is 48.7 Å². The quantitative estimate of drug-likeness (QED) is 0.478. The summed E-state index contributed by atoms with van der Waals surface area (Å²) in [5.41, 5.74) is 3.61. The third kappa shape index (κ3) is 4.90. The van der Waals surface area contributed by atoms with E-state index in [2.05, 4.69) is 26.7 Å². The Balaban J connectivity index is 1.58. The Kier molecular flexibility index (Phi) is 6.46. The number of aromatic carboxylic acids is 1. The van der Waals surface area contributed by atoms with Crippen LogP contribution in [-0.4, -0.2) is 34.1 Å². The lowest BCUT2D eigenvalue weighted by atomic mass is 9.95. The lowest BCUT2D eigenvalue weighted by molar-refractivity contribution is -0.120. The molecule has 1 heterocycles. The highest BCUT2D eigenvalue weighted by atomic mass is 35.5. The van der Waals surface area contributed by atoms with Gasteiger partial charge in [-0.3, -0.25) is 4.79 Å². The summed E-state index contributed by atoms with van der Waals surface area (Å²) in [6.07, 6.45) is 2.87. The molecule has 1 amide bonds. The zero-order chi connectivity index (χ0) is 23.5. The molecular formula is C24H23ClN4O4. The molecule has 0 saturated carbocycles. The van der Waals surface area contributed by atoms with Gasteiger partial charge in [-0.1, -0.05) is 35.9 Å². The van der Waals surface area contributed by atoms with Gasteiger partial charge >= 0.3 is 5.97 Å². The Hall–Kier alpha value is -3.65. The Morgan fingerprint density at radius 1 is 1.24 bits per heavy atom. The molecule has 0 bridgehead atoms. The number of nitrogens with zero attached hydrogens (tertiary/aromatic N) is 2. The summed E-state index contributed by atoms with van der Waals surface area (Å²) in [7, 11) is 1.46. The van der Waals surface area contributed by atoms with Crippen molar-refractivity contribution in [2.24, 2.45) is 5.92 Å². The van der Waals surface area contributed by atoms with Gasteiger partial charge in [-0.05, 0) is 48.1 Å². The first-order valence-corrected chi connectivity index (χ1v) is 10.8. The summed E-state index contributed by atoms with van der Waals surface area (Å²) in [5, 5.41) is 15.8. The number of halogens is 1. The minimum Gasteiger partial charge on any atom is -0.495 e. The zero-order valence-electron chi connectivity index (χ0n) is 18.1. The molecule has 3 N–H and O–H groups in total. The molecule has 3 aromatic rings. The maximum atomic E-state index is 11.8. The van der Waals surface area contributed by atoms with Gasteiger partial charge in [0.05, 0.1) is 41.3 Å². The van der Waals surface area contributed by atoms with Gasteiger partial charge in [0.2, 0.25) is 11.9 Å². The van der Waals surface area contributed by atoms with Crippen LogP contribution in [0.25, 0.3) is 0 Å². The van der Waals surface area contributed by atoms with Crippen molar-refractivity contribution in [3.05, 3.63) is 76.1 Å². The lowest BCUT2D eigenvalue weighted by Gasteiger charge is -2.21. The van der Waals surface area contributed by atoms with Gasteiger partial charge in [-0.2, -0.15) is 0 Å². The van der Waals surface area contributed by atoms with Crippen molar-refractivity contribution in [1.82, 2.24) is 15.3 Å². The van der Waals surface area contributed by atoms with E-state index in [0.29, 0.717) is 34.5 Å². The molecule has 0 spiro atoms. The van der Waals surface area contributed by atoms with Gasteiger partial charge in [0, 0.05) is 6.92 Å². The van der Waals surface area contributed by atoms with Crippen LogP contribution in [0.4, 0.5) is 11.6 Å². The number of nitrogens with one attached hydrogen (secondary N) is 2. The first-order chi connectivity index (χ1) is 15.9. The van der Waals surface area contributed by atoms with E-state index in [0.717, 1.165) is 12.0 Å². The van der Waals surface area contributed by atoms with Crippen LogP contribution in [0, 0.1) is 5.92 Å². The Morgan fingerprint density at radius 2 is 2.03 bits per heavy atom. The smallest absolute Gasteiger partial charge is 0.335 e. The fourth-order valence-corrected chi connectivity index (χ4v) is 4.35. The Morgan fingerprint density at radius 3 is 2.76 bits per heavy atom. The number of anilines is 2. The number of carboxylic acids is 1. The predicted molar refractivity (Wildman–Crippen MR) is 124 cm³/mol. The molecule has 0 unspecified atom stereocenters.